The summed E-state index contributed by atoms with van der Waals surface area (Å²) in [4.78, 5) is 21.3. The van der Waals surface area contributed by atoms with Crippen LogP contribution in [-0.2, 0) is 11.2 Å². The number of aryl methyl sites for hydroxylation is 1. The molecule has 0 radical (unpaired) electrons. The standard InChI is InChI=1S/C28H33N3O/c32-28(15-14-23-20-29-26-13-5-4-12-25(23)26)31-18-7-11-24-21-30(19-16-27(24)31)17-6-10-22-8-2-1-3-9-22/h1-6,8-10,12-13,20,24,27,29H,7,11,14-19,21H2/b10-6+/t24-,27-/m1/s1. The Morgan fingerprint density at radius 2 is 1.88 bits per heavy atom. The van der Waals surface area contributed by atoms with Crippen LogP contribution in [-0.4, -0.2) is 52.9 Å². The number of benzene rings is 2. The third-order valence-electron chi connectivity index (χ3n) is 7.23. The van der Waals surface area contributed by atoms with E-state index in [1.54, 1.807) is 0 Å². The fourth-order valence-electron chi connectivity index (χ4n) is 5.58. The van der Waals surface area contributed by atoms with Gasteiger partial charge in [-0.2, -0.15) is 0 Å². The van der Waals surface area contributed by atoms with Crippen molar-refractivity contribution in [1.29, 1.82) is 0 Å². The lowest BCUT2D eigenvalue weighted by molar-refractivity contribution is -0.138. The van der Waals surface area contributed by atoms with Gasteiger partial charge in [0.2, 0.25) is 5.91 Å². The molecule has 1 amide bonds. The van der Waals surface area contributed by atoms with Gasteiger partial charge in [-0.3, -0.25) is 9.69 Å². The maximum absolute atomic E-state index is 13.2. The smallest absolute Gasteiger partial charge is 0.223 e. The average molecular weight is 428 g/mol. The highest BCUT2D eigenvalue weighted by Gasteiger charge is 2.37. The first-order chi connectivity index (χ1) is 15.8. The van der Waals surface area contributed by atoms with Crippen LogP contribution in [0.4, 0.5) is 0 Å². The van der Waals surface area contributed by atoms with Crippen LogP contribution < -0.4 is 0 Å². The minimum Gasteiger partial charge on any atom is -0.361 e. The molecule has 0 bridgehead atoms. The molecule has 166 valence electrons. The van der Waals surface area contributed by atoms with Crippen LogP contribution in [0.15, 0.2) is 66.9 Å². The summed E-state index contributed by atoms with van der Waals surface area (Å²) in [5, 5.41) is 1.24. The van der Waals surface area contributed by atoms with Gasteiger partial charge in [-0.25, -0.2) is 0 Å². The van der Waals surface area contributed by atoms with Crippen molar-refractivity contribution in [3.8, 4) is 0 Å². The van der Waals surface area contributed by atoms with Crippen molar-refractivity contribution in [2.75, 3.05) is 26.2 Å². The second kappa shape index (κ2) is 9.74. The van der Waals surface area contributed by atoms with E-state index in [0.717, 1.165) is 51.0 Å². The molecule has 5 rings (SSSR count). The summed E-state index contributed by atoms with van der Waals surface area (Å²) in [6.45, 7) is 4.11. The predicted octanol–water partition coefficient (Wildman–Crippen LogP) is 5.13. The summed E-state index contributed by atoms with van der Waals surface area (Å²) in [5.41, 5.74) is 3.66. The molecular weight excluding hydrogens is 394 g/mol. The quantitative estimate of drug-likeness (QED) is 0.593. The molecule has 3 aromatic rings. The number of carbonyl (C=O) groups excluding carboxylic acids is 1. The molecule has 2 aromatic carbocycles. The first-order valence-electron chi connectivity index (χ1n) is 12.1. The second-order valence-corrected chi connectivity index (χ2v) is 9.28. The normalized spacial score (nSPS) is 21.8. The topological polar surface area (TPSA) is 39.3 Å². The van der Waals surface area contributed by atoms with Crippen molar-refractivity contribution in [2.24, 2.45) is 5.92 Å². The number of aromatic nitrogens is 1. The van der Waals surface area contributed by atoms with Crippen molar-refractivity contribution in [1.82, 2.24) is 14.8 Å². The van der Waals surface area contributed by atoms with Gasteiger partial charge in [0.1, 0.15) is 0 Å². The van der Waals surface area contributed by atoms with Gasteiger partial charge in [0.15, 0.2) is 0 Å². The SMILES string of the molecule is O=C(CCc1c[nH]c2ccccc12)N1CCC[C@@H]2CN(C/C=C/c3ccccc3)CC[C@H]21. The number of fused-ring (bicyclic) bond motifs is 2. The Balaban J connectivity index is 1.15. The van der Waals surface area contributed by atoms with Crippen molar-refractivity contribution in [3.63, 3.8) is 0 Å². The van der Waals surface area contributed by atoms with E-state index in [1.807, 2.05) is 6.07 Å². The molecule has 1 aromatic heterocycles. The van der Waals surface area contributed by atoms with Crippen LogP contribution in [0.2, 0.25) is 0 Å². The van der Waals surface area contributed by atoms with E-state index in [9.17, 15) is 4.79 Å². The van der Waals surface area contributed by atoms with E-state index < -0.39 is 0 Å². The van der Waals surface area contributed by atoms with Gasteiger partial charge < -0.3 is 9.88 Å². The fourth-order valence-corrected chi connectivity index (χ4v) is 5.58. The van der Waals surface area contributed by atoms with Crippen molar-refractivity contribution >= 4 is 22.9 Å². The molecule has 3 heterocycles. The maximum atomic E-state index is 13.2. The first-order valence-corrected chi connectivity index (χ1v) is 12.1. The lowest BCUT2D eigenvalue weighted by Gasteiger charge is -2.47. The zero-order valence-electron chi connectivity index (χ0n) is 18.7. The van der Waals surface area contributed by atoms with Crippen LogP contribution in [0, 0.1) is 5.92 Å². The van der Waals surface area contributed by atoms with Crippen molar-refractivity contribution < 1.29 is 4.79 Å². The highest BCUT2D eigenvalue weighted by atomic mass is 16.2. The molecular formula is C28H33N3O. The number of likely N-dealkylation sites (tertiary alicyclic amines) is 2. The summed E-state index contributed by atoms with van der Waals surface area (Å²) in [6, 6.07) is 19.3. The Morgan fingerprint density at radius 1 is 1.03 bits per heavy atom. The molecule has 0 saturated carbocycles. The largest absolute Gasteiger partial charge is 0.361 e. The van der Waals surface area contributed by atoms with E-state index in [0.29, 0.717) is 24.3 Å². The van der Waals surface area contributed by atoms with E-state index >= 15 is 0 Å². The van der Waals surface area contributed by atoms with Crippen LogP contribution in [0.5, 0.6) is 0 Å². The van der Waals surface area contributed by atoms with E-state index in [-0.39, 0.29) is 0 Å². The number of rotatable bonds is 6. The van der Waals surface area contributed by atoms with Gasteiger partial charge in [0.25, 0.3) is 0 Å². The fraction of sp³-hybridized carbons (Fsp3) is 0.393. The molecule has 2 aliphatic heterocycles. The molecule has 32 heavy (non-hydrogen) atoms. The maximum Gasteiger partial charge on any atom is 0.223 e. The number of hydrogen-bond donors (Lipinski definition) is 1. The van der Waals surface area contributed by atoms with E-state index in [4.69, 9.17) is 0 Å². The lowest BCUT2D eigenvalue weighted by atomic mass is 9.83. The molecule has 2 aliphatic rings. The number of piperidine rings is 2. The Bertz CT molecular complexity index is 1070. The number of nitrogens with zero attached hydrogens (tertiary/aromatic N) is 2. The summed E-state index contributed by atoms with van der Waals surface area (Å²) >= 11 is 0. The van der Waals surface area contributed by atoms with E-state index in [2.05, 4.69) is 81.7 Å². The molecule has 0 unspecified atom stereocenters. The summed E-state index contributed by atoms with van der Waals surface area (Å²) in [6.07, 6.45) is 11.5. The monoisotopic (exact) mass is 427 g/mol. The molecule has 2 fully saturated rings. The third kappa shape index (κ3) is 4.66. The minimum absolute atomic E-state index is 0.336. The number of amides is 1. The summed E-state index contributed by atoms with van der Waals surface area (Å²) in [7, 11) is 0. The molecule has 1 N–H and O–H groups in total. The molecule has 2 saturated heterocycles. The predicted molar refractivity (Wildman–Crippen MR) is 131 cm³/mol. The number of H-pyrrole nitrogens is 1. The van der Waals surface area contributed by atoms with Crippen molar-refractivity contribution in [2.45, 2.75) is 38.1 Å². The number of aromatic amines is 1. The molecule has 0 spiro atoms. The summed E-state index contributed by atoms with van der Waals surface area (Å²) in [5.74, 6) is 0.946. The number of nitrogens with one attached hydrogen (secondary N) is 1. The highest BCUT2D eigenvalue weighted by Crippen LogP contribution is 2.31. The zero-order chi connectivity index (χ0) is 21.8. The molecule has 4 nitrogen and oxygen atoms in total. The van der Waals surface area contributed by atoms with Crippen molar-refractivity contribution in [3.05, 3.63) is 78.0 Å². The van der Waals surface area contributed by atoms with Gasteiger partial charge in [-0.15, -0.1) is 0 Å². The second-order valence-electron chi connectivity index (χ2n) is 9.28. The van der Waals surface area contributed by atoms with Crippen LogP contribution in [0.25, 0.3) is 17.0 Å². The summed E-state index contributed by atoms with van der Waals surface area (Å²) < 4.78 is 0. The van der Waals surface area contributed by atoms with Gasteiger partial charge in [0, 0.05) is 55.7 Å². The third-order valence-corrected chi connectivity index (χ3v) is 7.23. The minimum atomic E-state index is 0.336. The molecule has 0 aliphatic carbocycles. The van der Waals surface area contributed by atoms with E-state index in [1.165, 1.54) is 22.9 Å². The Kier molecular flexibility index (Phi) is 6.40. The van der Waals surface area contributed by atoms with Crippen LogP contribution >= 0.6 is 0 Å². The Morgan fingerprint density at radius 3 is 2.78 bits per heavy atom. The Hall–Kier alpha value is -2.85. The number of para-hydroxylation sites is 1. The molecule has 4 heteroatoms. The first kappa shape index (κ1) is 21.0. The number of carbonyl (C=O) groups is 1. The van der Waals surface area contributed by atoms with Gasteiger partial charge >= 0.3 is 0 Å². The highest BCUT2D eigenvalue weighted by molar-refractivity contribution is 5.84. The van der Waals surface area contributed by atoms with Crippen LogP contribution in [0.1, 0.15) is 36.8 Å². The average Bonchev–Trinajstić information content (AvgIpc) is 3.26. The van der Waals surface area contributed by atoms with Gasteiger partial charge in [-0.05, 0) is 48.8 Å². The van der Waals surface area contributed by atoms with Gasteiger partial charge in [-0.1, -0.05) is 60.7 Å². The Labute approximate surface area is 190 Å². The molecule has 2 atom stereocenters. The number of hydrogen-bond acceptors (Lipinski definition) is 2. The zero-order valence-corrected chi connectivity index (χ0v) is 18.7. The van der Waals surface area contributed by atoms with Crippen LogP contribution in [0.3, 0.4) is 0 Å². The van der Waals surface area contributed by atoms with Gasteiger partial charge in [0.05, 0.1) is 0 Å². The lowest BCUT2D eigenvalue weighted by Crippen LogP contribution is -2.55.